The quantitative estimate of drug-likeness (QED) is 0.212. The molecule has 0 radical (unpaired) electrons. The van der Waals surface area contributed by atoms with Crippen molar-refractivity contribution in [1.82, 2.24) is 13.7 Å². The predicted octanol–water partition coefficient (Wildman–Crippen LogP) is 8.58. The molecule has 7 aromatic rings. The number of aryl methyl sites for hydroxylation is 3. The van der Waals surface area contributed by atoms with E-state index < -0.39 is 0 Å². The number of aromatic nitrogens is 3. The van der Waals surface area contributed by atoms with E-state index in [0.29, 0.717) is 0 Å². The summed E-state index contributed by atoms with van der Waals surface area (Å²) in [5, 5.41) is 6.26. The Hall–Kier alpha value is -4.02. The number of hydrogen-bond donors (Lipinski definition) is 0. The average Bonchev–Trinajstić information content (AvgIpc) is 3.73. The Labute approximate surface area is 227 Å². The van der Waals surface area contributed by atoms with E-state index in [1.807, 2.05) is 11.3 Å². The summed E-state index contributed by atoms with van der Waals surface area (Å²) in [4.78, 5) is 1.42. The Kier molecular flexibility index (Phi) is 5.52. The van der Waals surface area contributed by atoms with Gasteiger partial charge in [0.15, 0.2) is 0 Å². The minimum absolute atomic E-state index is 0.235. The van der Waals surface area contributed by atoms with Gasteiger partial charge in [-0.05, 0) is 52.8 Å². The number of para-hydroxylation sites is 3. The molecule has 0 aliphatic heterocycles. The molecule has 0 fully saturated rings. The van der Waals surface area contributed by atoms with Gasteiger partial charge in [0.2, 0.25) is 0 Å². The molecule has 0 saturated carbocycles. The van der Waals surface area contributed by atoms with Crippen LogP contribution in [0.3, 0.4) is 0 Å². The van der Waals surface area contributed by atoms with Crippen LogP contribution in [0.4, 0.5) is 0 Å². The molecule has 0 spiro atoms. The number of benzene rings is 3. The molecule has 188 valence electrons. The summed E-state index contributed by atoms with van der Waals surface area (Å²) in [6, 6.07) is 31.0. The van der Waals surface area contributed by atoms with Crippen molar-refractivity contribution in [2.45, 2.75) is 18.3 Å². The van der Waals surface area contributed by atoms with Gasteiger partial charge in [0.05, 0.1) is 0 Å². The van der Waals surface area contributed by atoms with Gasteiger partial charge in [0.1, 0.15) is 0 Å². The molecular weight excluding hydrogens is 482 g/mol. The molecule has 0 N–H and O–H groups in total. The molecule has 4 aromatic heterocycles. The number of rotatable bonds is 6. The zero-order valence-corrected chi connectivity index (χ0v) is 22.8. The molecular formula is C34H31N3S. The third kappa shape index (κ3) is 3.63. The SMILES string of the molecule is Cn1cc(C(CC(c2cn(C)c3ccccc23)c2cn(C)c3ccccc23)c2cccs2)c2ccccc21. The van der Waals surface area contributed by atoms with E-state index in [0.717, 1.165) is 6.42 Å². The van der Waals surface area contributed by atoms with E-state index in [2.05, 4.69) is 144 Å². The molecule has 3 nitrogen and oxygen atoms in total. The van der Waals surface area contributed by atoms with Gasteiger partial charge in [0.25, 0.3) is 0 Å². The Balaban J connectivity index is 1.48. The third-order valence-corrected chi connectivity index (χ3v) is 9.25. The summed E-state index contributed by atoms with van der Waals surface area (Å²) in [6.07, 6.45) is 8.09. The van der Waals surface area contributed by atoms with E-state index in [1.54, 1.807) is 0 Å². The van der Waals surface area contributed by atoms with Crippen LogP contribution in [0.15, 0.2) is 109 Å². The first-order valence-electron chi connectivity index (χ1n) is 13.3. The minimum Gasteiger partial charge on any atom is -0.350 e. The molecule has 0 aliphatic carbocycles. The van der Waals surface area contributed by atoms with E-state index >= 15 is 0 Å². The third-order valence-electron chi connectivity index (χ3n) is 8.27. The molecule has 1 atom stereocenters. The first kappa shape index (κ1) is 23.1. The second kappa shape index (κ2) is 9.07. The van der Waals surface area contributed by atoms with Crippen molar-refractivity contribution < 1.29 is 0 Å². The highest BCUT2D eigenvalue weighted by Gasteiger charge is 2.29. The summed E-state index contributed by atoms with van der Waals surface area (Å²) in [5.74, 6) is 0.516. The summed E-state index contributed by atoms with van der Waals surface area (Å²) in [7, 11) is 6.52. The van der Waals surface area contributed by atoms with Crippen LogP contribution in [0.2, 0.25) is 0 Å². The fraction of sp³-hybridized carbons (Fsp3) is 0.176. The topological polar surface area (TPSA) is 14.8 Å². The molecule has 0 amide bonds. The maximum absolute atomic E-state index is 2.37. The zero-order chi connectivity index (χ0) is 25.8. The first-order valence-corrected chi connectivity index (χ1v) is 14.1. The summed E-state index contributed by atoms with van der Waals surface area (Å²) < 4.78 is 6.87. The summed E-state index contributed by atoms with van der Waals surface area (Å²) >= 11 is 1.87. The number of fused-ring (bicyclic) bond motifs is 3. The van der Waals surface area contributed by atoms with Gasteiger partial charge in [-0.25, -0.2) is 0 Å². The minimum atomic E-state index is 0.235. The predicted molar refractivity (Wildman–Crippen MR) is 161 cm³/mol. The van der Waals surface area contributed by atoms with Gasteiger partial charge in [-0.2, -0.15) is 0 Å². The van der Waals surface area contributed by atoms with E-state index in [4.69, 9.17) is 0 Å². The maximum atomic E-state index is 2.37. The lowest BCUT2D eigenvalue weighted by Gasteiger charge is -2.23. The Morgan fingerprint density at radius 2 is 0.947 bits per heavy atom. The van der Waals surface area contributed by atoms with Crippen LogP contribution in [0.5, 0.6) is 0 Å². The fourth-order valence-electron chi connectivity index (χ4n) is 6.50. The number of thiophene rings is 1. The van der Waals surface area contributed by atoms with Crippen LogP contribution in [0, 0.1) is 0 Å². The lowest BCUT2D eigenvalue weighted by atomic mass is 9.80. The smallest absolute Gasteiger partial charge is 0.0480 e. The van der Waals surface area contributed by atoms with Crippen LogP contribution in [-0.4, -0.2) is 13.7 Å². The van der Waals surface area contributed by atoms with Crippen molar-refractivity contribution in [2.75, 3.05) is 0 Å². The van der Waals surface area contributed by atoms with Gasteiger partial charge in [-0.3, -0.25) is 0 Å². The molecule has 4 heteroatoms. The first-order chi connectivity index (χ1) is 18.6. The normalized spacial score (nSPS) is 12.8. The molecule has 4 heterocycles. The highest BCUT2D eigenvalue weighted by Crippen LogP contribution is 2.46. The van der Waals surface area contributed by atoms with Crippen molar-refractivity contribution in [3.63, 3.8) is 0 Å². The number of hydrogen-bond acceptors (Lipinski definition) is 1. The Morgan fingerprint density at radius 1 is 0.526 bits per heavy atom. The molecule has 3 aromatic carbocycles. The molecule has 38 heavy (non-hydrogen) atoms. The lowest BCUT2D eigenvalue weighted by Crippen LogP contribution is -2.09. The van der Waals surface area contributed by atoms with Crippen LogP contribution < -0.4 is 0 Å². The van der Waals surface area contributed by atoms with Crippen molar-refractivity contribution >= 4 is 44.0 Å². The van der Waals surface area contributed by atoms with Crippen LogP contribution in [0.1, 0.15) is 39.8 Å². The van der Waals surface area contributed by atoms with E-state index in [1.165, 1.54) is 54.3 Å². The summed E-state index contributed by atoms with van der Waals surface area (Å²) in [6.45, 7) is 0. The van der Waals surface area contributed by atoms with Crippen LogP contribution in [0.25, 0.3) is 32.7 Å². The monoisotopic (exact) mass is 513 g/mol. The molecule has 7 rings (SSSR count). The van der Waals surface area contributed by atoms with Crippen molar-refractivity contribution in [2.24, 2.45) is 21.1 Å². The van der Waals surface area contributed by atoms with Crippen LogP contribution >= 0.6 is 11.3 Å². The van der Waals surface area contributed by atoms with Crippen molar-refractivity contribution in [1.29, 1.82) is 0 Å². The van der Waals surface area contributed by atoms with Gasteiger partial charge >= 0.3 is 0 Å². The van der Waals surface area contributed by atoms with Crippen molar-refractivity contribution in [3.8, 4) is 0 Å². The molecule has 0 aliphatic rings. The highest BCUT2D eigenvalue weighted by atomic mass is 32.1. The fourth-order valence-corrected chi connectivity index (χ4v) is 7.35. The maximum Gasteiger partial charge on any atom is 0.0480 e. The lowest BCUT2D eigenvalue weighted by molar-refractivity contribution is 0.655. The number of nitrogens with zero attached hydrogens (tertiary/aromatic N) is 3. The Morgan fingerprint density at radius 3 is 1.37 bits per heavy atom. The molecule has 1 unspecified atom stereocenters. The van der Waals surface area contributed by atoms with Crippen molar-refractivity contribution in [3.05, 3.63) is 130 Å². The van der Waals surface area contributed by atoms with Gasteiger partial charge in [-0.1, -0.05) is 60.7 Å². The molecule has 0 bridgehead atoms. The molecule has 0 saturated heterocycles. The van der Waals surface area contributed by atoms with Gasteiger partial charge in [-0.15, -0.1) is 11.3 Å². The highest BCUT2D eigenvalue weighted by molar-refractivity contribution is 7.10. The Bertz CT molecular complexity index is 1820. The second-order valence-corrected chi connectivity index (χ2v) is 11.5. The van der Waals surface area contributed by atoms with Gasteiger partial charge < -0.3 is 13.7 Å². The second-order valence-electron chi connectivity index (χ2n) is 10.5. The van der Waals surface area contributed by atoms with Gasteiger partial charge in [0, 0.05) is 89.2 Å². The van der Waals surface area contributed by atoms with E-state index in [-0.39, 0.29) is 11.8 Å². The largest absolute Gasteiger partial charge is 0.350 e. The standard InChI is InChI=1S/C34H31N3S/c1-35-20-28(23-11-4-7-14-31(23)35)26(29-21-36(2)32-15-8-5-12-24(29)32)19-27(34-17-10-18-38-34)30-22-37(3)33-16-9-6-13-25(30)33/h4-18,20-22,26-27H,19H2,1-3H3. The zero-order valence-electron chi connectivity index (χ0n) is 22.0. The average molecular weight is 514 g/mol. The summed E-state index contributed by atoms with van der Waals surface area (Å²) in [5.41, 5.74) is 8.07. The van der Waals surface area contributed by atoms with E-state index in [9.17, 15) is 0 Å². The van der Waals surface area contributed by atoms with Crippen LogP contribution in [-0.2, 0) is 21.1 Å².